The molecule has 0 saturated carbocycles. The van der Waals surface area contributed by atoms with Gasteiger partial charge in [0, 0.05) is 11.3 Å². The second-order valence-electron chi connectivity index (χ2n) is 4.46. The van der Waals surface area contributed by atoms with E-state index < -0.39 is 11.0 Å². The van der Waals surface area contributed by atoms with Crippen molar-refractivity contribution in [2.45, 2.75) is 19.6 Å². The fourth-order valence-electron chi connectivity index (χ4n) is 1.85. The van der Waals surface area contributed by atoms with Crippen molar-refractivity contribution in [2.24, 2.45) is 0 Å². The van der Waals surface area contributed by atoms with Crippen LogP contribution in [-0.2, 0) is 11.3 Å². The third kappa shape index (κ3) is 3.63. The van der Waals surface area contributed by atoms with Gasteiger partial charge in [-0.05, 0) is 13.0 Å². The highest BCUT2D eigenvalue weighted by molar-refractivity contribution is 5.91. The number of carbonyl (C=O) groups is 1. The van der Waals surface area contributed by atoms with E-state index >= 15 is 0 Å². The van der Waals surface area contributed by atoms with Crippen molar-refractivity contribution in [3.05, 3.63) is 52.3 Å². The Morgan fingerprint density at radius 3 is 2.86 bits per heavy atom. The van der Waals surface area contributed by atoms with E-state index in [1.165, 1.54) is 10.9 Å². The molecule has 0 aliphatic carbocycles. The van der Waals surface area contributed by atoms with Gasteiger partial charge in [-0.2, -0.15) is 5.10 Å². The van der Waals surface area contributed by atoms with Crippen molar-refractivity contribution in [2.75, 3.05) is 5.32 Å². The Bertz CT molecular complexity index is 666. The molecule has 2 aromatic rings. The fraction of sp³-hybridized carbons (Fsp3) is 0.231. The topological polar surface area (TPSA) is 110 Å². The van der Waals surface area contributed by atoms with Gasteiger partial charge in [0.1, 0.15) is 18.9 Å². The van der Waals surface area contributed by atoms with Crippen molar-refractivity contribution in [3.63, 3.8) is 0 Å². The largest absolute Gasteiger partial charge is 0.389 e. The monoisotopic (exact) mass is 290 g/mol. The van der Waals surface area contributed by atoms with Crippen LogP contribution in [0.4, 0.5) is 11.4 Å². The van der Waals surface area contributed by atoms with E-state index in [1.807, 2.05) is 0 Å². The summed E-state index contributed by atoms with van der Waals surface area (Å²) >= 11 is 0. The Kier molecular flexibility index (Phi) is 4.29. The molecular formula is C13H14N4O4. The van der Waals surface area contributed by atoms with E-state index in [2.05, 4.69) is 10.4 Å². The number of amides is 1. The summed E-state index contributed by atoms with van der Waals surface area (Å²) in [5.41, 5.74) is 0.920. The summed E-state index contributed by atoms with van der Waals surface area (Å²) < 4.78 is 1.18. The minimum absolute atomic E-state index is 0.151. The molecule has 1 aromatic heterocycles. The summed E-state index contributed by atoms with van der Waals surface area (Å²) in [6, 6.07) is 6.87. The smallest absolute Gasteiger partial charge is 0.307 e. The Morgan fingerprint density at radius 2 is 2.24 bits per heavy atom. The van der Waals surface area contributed by atoms with Crippen molar-refractivity contribution in [1.82, 2.24) is 9.78 Å². The second kappa shape index (κ2) is 6.14. The zero-order valence-corrected chi connectivity index (χ0v) is 11.3. The normalized spacial score (nSPS) is 11.9. The van der Waals surface area contributed by atoms with Crippen molar-refractivity contribution in [3.8, 4) is 0 Å². The number of rotatable bonds is 5. The maximum Gasteiger partial charge on any atom is 0.307 e. The number of nitrogens with zero attached hydrogens (tertiary/aromatic N) is 3. The van der Waals surface area contributed by atoms with Gasteiger partial charge in [0.2, 0.25) is 5.91 Å². The number of para-hydroxylation sites is 1. The van der Waals surface area contributed by atoms with Gasteiger partial charge >= 0.3 is 5.69 Å². The van der Waals surface area contributed by atoms with Gasteiger partial charge in [-0.15, -0.1) is 0 Å². The van der Waals surface area contributed by atoms with Gasteiger partial charge < -0.3 is 10.4 Å². The number of nitrogens with one attached hydrogen (secondary N) is 1. The van der Waals surface area contributed by atoms with Gasteiger partial charge in [-0.1, -0.05) is 18.2 Å². The second-order valence-corrected chi connectivity index (χ2v) is 4.46. The van der Waals surface area contributed by atoms with Crippen LogP contribution in [0.5, 0.6) is 0 Å². The molecule has 0 saturated heterocycles. The van der Waals surface area contributed by atoms with Crippen LogP contribution in [0, 0.1) is 10.1 Å². The van der Waals surface area contributed by atoms with Gasteiger partial charge in [0.05, 0.1) is 11.0 Å². The highest BCUT2D eigenvalue weighted by atomic mass is 16.6. The van der Waals surface area contributed by atoms with Crippen molar-refractivity contribution < 1.29 is 14.8 Å². The molecule has 2 N–H and O–H groups in total. The predicted molar refractivity (Wildman–Crippen MR) is 74.6 cm³/mol. The van der Waals surface area contributed by atoms with Gasteiger partial charge in [-0.3, -0.25) is 19.6 Å². The number of hydrogen-bond donors (Lipinski definition) is 2. The Balaban J connectivity index is 2.06. The molecule has 1 unspecified atom stereocenters. The molecule has 1 aromatic carbocycles. The van der Waals surface area contributed by atoms with E-state index in [0.29, 0.717) is 11.3 Å². The first-order valence-corrected chi connectivity index (χ1v) is 6.21. The van der Waals surface area contributed by atoms with E-state index in [1.54, 1.807) is 31.2 Å². The number of carbonyl (C=O) groups excluding carboxylic acids is 1. The molecule has 0 aliphatic heterocycles. The molecule has 21 heavy (non-hydrogen) atoms. The summed E-state index contributed by atoms with van der Waals surface area (Å²) in [5, 5.41) is 26.6. The van der Waals surface area contributed by atoms with E-state index in [-0.39, 0.29) is 18.1 Å². The Labute approximate surface area is 120 Å². The van der Waals surface area contributed by atoms with Gasteiger partial charge in [0.15, 0.2) is 0 Å². The first kappa shape index (κ1) is 14.7. The standard InChI is InChI=1S/C13H14N4O4/c1-9(18)11-4-2-3-5-12(11)15-13(19)8-16-7-10(6-14-16)17(20)21/h2-7,9,18H,8H2,1H3,(H,15,19). The van der Waals surface area contributed by atoms with E-state index in [0.717, 1.165) is 6.20 Å². The molecule has 1 heterocycles. The van der Waals surface area contributed by atoms with E-state index in [4.69, 9.17) is 0 Å². The molecule has 8 nitrogen and oxygen atoms in total. The van der Waals surface area contributed by atoms with Crippen LogP contribution >= 0.6 is 0 Å². The summed E-state index contributed by atoms with van der Waals surface area (Å²) in [6.45, 7) is 1.45. The zero-order valence-electron chi connectivity index (χ0n) is 11.3. The minimum atomic E-state index is -0.715. The van der Waals surface area contributed by atoms with Crippen LogP contribution < -0.4 is 5.32 Å². The molecule has 0 spiro atoms. The third-order valence-corrected chi connectivity index (χ3v) is 2.82. The molecule has 0 bridgehead atoms. The molecule has 0 radical (unpaired) electrons. The quantitative estimate of drug-likeness (QED) is 0.640. The van der Waals surface area contributed by atoms with Crippen molar-refractivity contribution >= 4 is 17.3 Å². The number of nitro groups is 1. The van der Waals surface area contributed by atoms with Crippen LogP contribution in [0.1, 0.15) is 18.6 Å². The highest BCUT2D eigenvalue weighted by Gasteiger charge is 2.13. The molecule has 1 amide bonds. The molecule has 1 atom stereocenters. The average molecular weight is 290 g/mol. The van der Waals surface area contributed by atoms with Crippen LogP contribution in [0.3, 0.4) is 0 Å². The van der Waals surface area contributed by atoms with Crippen LogP contribution in [0.15, 0.2) is 36.7 Å². The van der Waals surface area contributed by atoms with Gasteiger partial charge in [-0.25, -0.2) is 0 Å². The van der Waals surface area contributed by atoms with Gasteiger partial charge in [0.25, 0.3) is 0 Å². The maximum atomic E-state index is 11.9. The maximum absolute atomic E-state index is 11.9. The van der Waals surface area contributed by atoms with Crippen LogP contribution in [0.25, 0.3) is 0 Å². The minimum Gasteiger partial charge on any atom is -0.389 e. The molecule has 8 heteroatoms. The molecule has 2 rings (SSSR count). The summed E-state index contributed by atoms with van der Waals surface area (Å²) in [4.78, 5) is 21.9. The summed E-state index contributed by atoms with van der Waals surface area (Å²) in [7, 11) is 0. The third-order valence-electron chi connectivity index (χ3n) is 2.82. The fourth-order valence-corrected chi connectivity index (χ4v) is 1.85. The number of aliphatic hydroxyl groups excluding tert-OH is 1. The number of aromatic nitrogens is 2. The number of hydrogen-bond acceptors (Lipinski definition) is 5. The highest BCUT2D eigenvalue weighted by Crippen LogP contribution is 2.22. The predicted octanol–water partition coefficient (Wildman–Crippen LogP) is 1.48. The van der Waals surface area contributed by atoms with E-state index in [9.17, 15) is 20.0 Å². The molecule has 0 aliphatic rings. The first-order chi connectivity index (χ1) is 9.97. The Morgan fingerprint density at radius 1 is 1.52 bits per heavy atom. The molecular weight excluding hydrogens is 276 g/mol. The number of anilines is 1. The number of aliphatic hydroxyl groups is 1. The Hall–Kier alpha value is -2.74. The average Bonchev–Trinajstić information content (AvgIpc) is 2.87. The summed E-state index contributed by atoms with van der Waals surface area (Å²) in [6.07, 6.45) is 1.55. The molecule has 0 fully saturated rings. The van der Waals surface area contributed by atoms with Crippen LogP contribution in [0.2, 0.25) is 0 Å². The van der Waals surface area contributed by atoms with Crippen LogP contribution in [-0.4, -0.2) is 25.7 Å². The van der Waals surface area contributed by atoms with Crippen molar-refractivity contribution in [1.29, 1.82) is 0 Å². The summed E-state index contributed by atoms with van der Waals surface area (Å²) in [5.74, 6) is -0.388. The first-order valence-electron chi connectivity index (χ1n) is 6.21. The lowest BCUT2D eigenvalue weighted by Crippen LogP contribution is -2.20. The molecule has 110 valence electrons. The number of benzene rings is 1. The lowest BCUT2D eigenvalue weighted by atomic mass is 10.1. The lowest BCUT2D eigenvalue weighted by molar-refractivity contribution is -0.385. The SMILES string of the molecule is CC(O)c1ccccc1NC(=O)Cn1cc([N+](=O)[O-])cn1. The zero-order chi connectivity index (χ0) is 15.4. The lowest BCUT2D eigenvalue weighted by Gasteiger charge is -2.12.